The zero-order valence-corrected chi connectivity index (χ0v) is 15.3. The van der Waals surface area contributed by atoms with Crippen LogP contribution in [-0.4, -0.2) is 78.2 Å². The summed E-state index contributed by atoms with van der Waals surface area (Å²) in [6, 6.07) is 6.91. The number of carbonyl (C=O) groups excluding carboxylic acids is 2. The SMILES string of the molecule is O=C(NC1CCN(Cc2ccccc2F)CC1)N1CCN2C(=O)OCC2C1. The number of amides is 3. The van der Waals surface area contributed by atoms with Gasteiger partial charge in [-0.3, -0.25) is 9.80 Å². The number of likely N-dealkylation sites (tertiary alicyclic amines) is 1. The number of benzene rings is 1. The van der Waals surface area contributed by atoms with E-state index in [0.717, 1.165) is 25.9 Å². The summed E-state index contributed by atoms with van der Waals surface area (Å²) < 4.78 is 18.8. The monoisotopic (exact) mass is 376 g/mol. The van der Waals surface area contributed by atoms with Crippen molar-refractivity contribution >= 4 is 12.1 Å². The maximum Gasteiger partial charge on any atom is 0.410 e. The third-order valence-corrected chi connectivity index (χ3v) is 5.67. The van der Waals surface area contributed by atoms with Crippen LogP contribution in [0, 0.1) is 5.82 Å². The fourth-order valence-corrected chi connectivity index (χ4v) is 4.04. The molecule has 1 N–H and O–H groups in total. The Morgan fingerprint density at radius 3 is 2.74 bits per heavy atom. The summed E-state index contributed by atoms with van der Waals surface area (Å²) >= 11 is 0. The number of hydrogen-bond acceptors (Lipinski definition) is 4. The predicted octanol–water partition coefficient (Wildman–Crippen LogP) is 1.64. The molecule has 1 aromatic rings. The van der Waals surface area contributed by atoms with Gasteiger partial charge in [0.15, 0.2) is 0 Å². The highest BCUT2D eigenvalue weighted by atomic mass is 19.1. The molecule has 3 fully saturated rings. The van der Waals surface area contributed by atoms with E-state index in [2.05, 4.69) is 10.2 Å². The number of carbonyl (C=O) groups is 2. The second-order valence-electron chi connectivity index (χ2n) is 7.46. The van der Waals surface area contributed by atoms with Crippen molar-refractivity contribution in [2.75, 3.05) is 39.3 Å². The van der Waals surface area contributed by atoms with Crippen LogP contribution < -0.4 is 5.32 Å². The van der Waals surface area contributed by atoms with Crippen LogP contribution in [0.25, 0.3) is 0 Å². The maximum atomic E-state index is 13.8. The number of ether oxygens (including phenoxy) is 1. The molecule has 3 aliphatic rings. The van der Waals surface area contributed by atoms with E-state index >= 15 is 0 Å². The first-order chi connectivity index (χ1) is 13.1. The second-order valence-corrected chi connectivity index (χ2v) is 7.46. The zero-order chi connectivity index (χ0) is 18.8. The van der Waals surface area contributed by atoms with Crippen molar-refractivity contribution in [1.29, 1.82) is 0 Å². The number of nitrogens with zero attached hydrogens (tertiary/aromatic N) is 3. The van der Waals surface area contributed by atoms with Gasteiger partial charge in [-0.2, -0.15) is 0 Å². The summed E-state index contributed by atoms with van der Waals surface area (Å²) in [6.45, 7) is 4.20. The number of urea groups is 1. The molecule has 8 heteroatoms. The Kier molecular flexibility index (Phi) is 5.15. The summed E-state index contributed by atoms with van der Waals surface area (Å²) in [7, 11) is 0. The molecule has 0 aliphatic carbocycles. The Bertz CT molecular complexity index is 708. The molecule has 0 bridgehead atoms. The zero-order valence-electron chi connectivity index (χ0n) is 15.3. The van der Waals surface area contributed by atoms with Crippen LogP contribution in [0.1, 0.15) is 18.4 Å². The molecule has 7 nitrogen and oxygen atoms in total. The van der Waals surface area contributed by atoms with Crippen molar-refractivity contribution in [3.63, 3.8) is 0 Å². The lowest BCUT2D eigenvalue weighted by Crippen LogP contribution is -2.57. The molecule has 3 amide bonds. The lowest BCUT2D eigenvalue weighted by molar-refractivity contribution is 0.121. The summed E-state index contributed by atoms with van der Waals surface area (Å²) in [4.78, 5) is 29.8. The quantitative estimate of drug-likeness (QED) is 0.871. The fourth-order valence-electron chi connectivity index (χ4n) is 4.04. The van der Waals surface area contributed by atoms with Gasteiger partial charge in [-0.15, -0.1) is 0 Å². The van der Waals surface area contributed by atoms with E-state index in [-0.39, 0.29) is 30.0 Å². The van der Waals surface area contributed by atoms with Crippen molar-refractivity contribution in [2.24, 2.45) is 0 Å². The standard InChI is InChI=1S/C19H25FN4O3/c20-17-4-2-1-3-14(17)11-22-7-5-15(6-8-22)21-18(25)23-9-10-24-16(12-23)13-27-19(24)26/h1-4,15-16H,5-13H2,(H,21,25). The molecule has 3 heterocycles. The number of hydrogen-bond donors (Lipinski definition) is 1. The average Bonchev–Trinajstić information content (AvgIpc) is 3.05. The van der Waals surface area contributed by atoms with E-state index in [9.17, 15) is 14.0 Å². The van der Waals surface area contributed by atoms with E-state index in [1.54, 1.807) is 15.9 Å². The van der Waals surface area contributed by atoms with E-state index in [1.165, 1.54) is 6.07 Å². The molecule has 27 heavy (non-hydrogen) atoms. The van der Waals surface area contributed by atoms with Crippen molar-refractivity contribution in [3.05, 3.63) is 35.6 Å². The van der Waals surface area contributed by atoms with E-state index in [0.29, 0.717) is 38.3 Å². The topological polar surface area (TPSA) is 65.1 Å². The number of cyclic esters (lactones) is 1. The molecule has 3 saturated heterocycles. The molecule has 4 rings (SSSR count). The van der Waals surface area contributed by atoms with Crippen LogP contribution in [0.3, 0.4) is 0 Å². The number of fused-ring (bicyclic) bond motifs is 1. The van der Waals surface area contributed by atoms with Gasteiger partial charge in [0.05, 0.1) is 6.04 Å². The lowest BCUT2D eigenvalue weighted by atomic mass is 10.0. The van der Waals surface area contributed by atoms with Gasteiger partial charge in [-0.25, -0.2) is 14.0 Å². The first kappa shape index (κ1) is 18.0. The molecule has 0 spiro atoms. The fraction of sp³-hybridized carbons (Fsp3) is 0.579. The summed E-state index contributed by atoms with van der Waals surface area (Å²) in [6.07, 6.45) is 1.43. The van der Waals surface area contributed by atoms with Crippen LogP contribution in [0.15, 0.2) is 24.3 Å². The van der Waals surface area contributed by atoms with Gasteiger partial charge in [0.25, 0.3) is 0 Å². The third-order valence-electron chi connectivity index (χ3n) is 5.67. The Balaban J connectivity index is 1.23. The van der Waals surface area contributed by atoms with Crippen molar-refractivity contribution < 1.29 is 18.7 Å². The number of rotatable bonds is 3. The van der Waals surface area contributed by atoms with Gasteiger partial charge in [0, 0.05) is 50.9 Å². The minimum absolute atomic E-state index is 0.0281. The molecular formula is C19H25FN4O3. The molecule has 0 aromatic heterocycles. The minimum atomic E-state index is -0.276. The molecule has 146 valence electrons. The van der Waals surface area contributed by atoms with Gasteiger partial charge < -0.3 is 15.0 Å². The highest BCUT2D eigenvalue weighted by Crippen LogP contribution is 2.19. The molecule has 1 atom stereocenters. The Hall–Kier alpha value is -2.35. The van der Waals surface area contributed by atoms with Gasteiger partial charge in [-0.05, 0) is 18.9 Å². The van der Waals surface area contributed by atoms with E-state index in [1.807, 2.05) is 12.1 Å². The van der Waals surface area contributed by atoms with Gasteiger partial charge in [0.2, 0.25) is 0 Å². The van der Waals surface area contributed by atoms with Gasteiger partial charge in [0.1, 0.15) is 12.4 Å². The Morgan fingerprint density at radius 2 is 1.96 bits per heavy atom. The summed E-state index contributed by atoms with van der Waals surface area (Å²) in [5.41, 5.74) is 0.714. The predicted molar refractivity (Wildman–Crippen MR) is 96.6 cm³/mol. The average molecular weight is 376 g/mol. The van der Waals surface area contributed by atoms with Crippen LogP contribution in [0.2, 0.25) is 0 Å². The number of halogens is 1. The highest BCUT2D eigenvalue weighted by molar-refractivity contribution is 5.76. The van der Waals surface area contributed by atoms with E-state index in [4.69, 9.17) is 4.74 Å². The molecule has 0 radical (unpaired) electrons. The van der Waals surface area contributed by atoms with Crippen LogP contribution in [0.4, 0.5) is 14.0 Å². The van der Waals surface area contributed by atoms with Crippen LogP contribution >= 0.6 is 0 Å². The smallest absolute Gasteiger partial charge is 0.410 e. The summed E-state index contributed by atoms with van der Waals surface area (Å²) in [5.74, 6) is -0.165. The number of nitrogens with one attached hydrogen (secondary N) is 1. The minimum Gasteiger partial charge on any atom is -0.447 e. The van der Waals surface area contributed by atoms with Crippen LogP contribution in [0.5, 0.6) is 0 Å². The first-order valence-corrected chi connectivity index (χ1v) is 9.55. The normalized spacial score (nSPS) is 23.9. The van der Waals surface area contributed by atoms with Crippen molar-refractivity contribution in [3.8, 4) is 0 Å². The summed E-state index contributed by atoms with van der Waals surface area (Å²) in [5, 5.41) is 3.12. The molecule has 1 aromatic carbocycles. The molecule has 0 saturated carbocycles. The Morgan fingerprint density at radius 1 is 1.19 bits per heavy atom. The largest absolute Gasteiger partial charge is 0.447 e. The van der Waals surface area contributed by atoms with Gasteiger partial charge >= 0.3 is 12.1 Å². The number of piperazine rings is 1. The number of piperidine rings is 1. The van der Waals surface area contributed by atoms with Gasteiger partial charge in [-0.1, -0.05) is 18.2 Å². The molecular weight excluding hydrogens is 351 g/mol. The van der Waals surface area contributed by atoms with Crippen molar-refractivity contribution in [2.45, 2.75) is 31.5 Å². The lowest BCUT2D eigenvalue weighted by Gasteiger charge is -2.37. The second kappa shape index (κ2) is 7.72. The van der Waals surface area contributed by atoms with E-state index < -0.39 is 0 Å². The third kappa shape index (κ3) is 4.00. The Labute approximate surface area is 158 Å². The highest BCUT2D eigenvalue weighted by Gasteiger charge is 2.39. The van der Waals surface area contributed by atoms with Crippen LogP contribution in [-0.2, 0) is 11.3 Å². The first-order valence-electron chi connectivity index (χ1n) is 9.55. The molecule has 1 unspecified atom stereocenters. The maximum absolute atomic E-state index is 13.8. The van der Waals surface area contributed by atoms with Crippen molar-refractivity contribution in [1.82, 2.24) is 20.0 Å². The molecule has 3 aliphatic heterocycles.